The summed E-state index contributed by atoms with van der Waals surface area (Å²) in [7, 11) is -2.40. The van der Waals surface area contributed by atoms with Crippen molar-refractivity contribution in [1.82, 2.24) is 5.32 Å². The number of anilines is 1. The first kappa shape index (κ1) is 22.7. The highest BCUT2D eigenvalue weighted by atomic mass is 32.2. The van der Waals surface area contributed by atoms with Gasteiger partial charge in [-0.25, -0.2) is 8.42 Å². The zero-order valence-corrected chi connectivity index (χ0v) is 18.0. The fourth-order valence-electron chi connectivity index (χ4n) is 2.77. The largest absolute Gasteiger partial charge is 0.494 e. The lowest BCUT2D eigenvalue weighted by atomic mass is 10.2. The Morgan fingerprint density at radius 2 is 1.72 bits per heavy atom. The van der Waals surface area contributed by atoms with Gasteiger partial charge >= 0.3 is 0 Å². The van der Waals surface area contributed by atoms with E-state index in [-0.39, 0.29) is 17.5 Å². The minimum Gasteiger partial charge on any atom is -0.494 e. The Balaban J connectivity index is 2.36. The molecule has 0 aromatic heterocycles. The minimum absolute atomic E-state index is 0.120. The fraction of sp³-hybridized carbons (Fsp3) is 0.381. The van der Waals surface area contributed by atoms with Gasteiger partial charge in [0, 0.05) is 13.2 Å². The molecule has 0 aliphatic heterocycles. The molecule has 0 spiro atoms. The Hall–Kier alpha value is -2.58. The van der Waals surface area contributed by atoms with Crippen molar-refractivity contribution in [3.63, 3.8) is 0 Å². The molecule has 29 heavy (non-hydrogen) atoms. The minimum atomic E-state index is -3.94. The van der Waals surface area contributed by atoms with Crippen LogP contribution < -0.4 is 14.4 Å². The maximum absolute atomic E-state index is 13.3. The summed E-state index contributed by atoms with van der Waals surface area (Å²) in [6.45, 7) is 6.03. The van der Waals surface area contributed by atoms with Crippen LogP contribution in [0.25, 0.3) is 0 Å². The fourth-order valence-corrected chi connectivity index (χ4v) is 4.19. The van der Waals surface area contributed by atoms with Crippen LogP contribution in [-0.2, 0) is 19.6 Å². The molecule has 2 aromatic rings. The Morgan fingerprint density at radius 1 is 1.10 bits per heavy atom. The maximum atomic E-state index is 13.3. The molecule has 8 heteroatoms. The predicted molar refractivity (Wildman–Crippen MR) is 113 cm³/mol. The number of hydrogen-bond donors (Lipinski definition) is 1. The second-order valence-corrected chi connectivity index (χ2v) is 8.54. The predicted octanol–water partition coefficient (Wildman–Crippen LogP) is 2.74. The first-order chi connectivity index (χ1) is 13.8. The number of nitrogens with one attached hydrogen (secondary N) is 1. The van der Waals surface area contributed by atoms with E-state index in [1.807, 2.05) is 13.8 Å². The molecule has 0 bridgehead atoms. The molecular weight excluding hydrogens is 392 g/mol. The van der Waals surface area contributed by atoms with Gasteiger partial charge in [-0.2, -0.15) is 0 Å². The molecule has 0 radical (unpaired) electrons. The molecule has 158 valence electrons. The van der Waals surface area contributed by atoms with Crippen LogP contribution in [0.3, 0.4) is 0 Å². The smallest absolute Gasteiger partial charge is 0.264 e. The number of aryl methyl sites for hydroxylation is 1. The van der Waals surface area contributed by atoms with Crippen LogP contribution in [0.2, 0.25) is 0 Å². The van der Waals surface area contributed by atoms with Gasteiger partial charge in [0.1, 0.15) is 12.3 Å². The van der Waals surface area contributed by atoms with Gasteiger partial charge in [-0.1, -0.05) is 17.7 Å². The summed E-state index contributed by atoms with van der Waals surface area (Å²) in [5, 5.41) is 2.75. The molecule has 0 heterocycles. The highest BCUT2D eigenvalue weighted by molar-refractivity contribution is 7.92. The van der Waals surface area contributed by atoms with Crippen LogP contribution >= 0.6 is 0 Å². The summed E-state index contributed by atoms with van der Waals surface area (Å²) < 4.78 is 38.1. The van der Waals surface area contributed by atoms with Crippen molar-refractivity contribution < 1.29 is 22.7 Å². The molecule has 7 nitrogen and oxygen atoms in total. The average molecular weight is 421 g/mol. The van der Waals surface area contributed by atoms with E-state index < -0.39 is 15.9 Å². The van der Waals surface area contributed by atoms with Gasteiger partial charge in [0.25, 0.3) is 10.0 Å². The zero-order chi connectivity index (χ0) is 21.4. The second-order valence-electron chi connectivity index (χ2n) is 6.68. The van der Waals surface area contributed by atoms with E-state index in [1.165, 1.54) is 19.2 Å². The lowest BCUT2D eigenvalue weighted by Crippen LogP contribution is -2.44. The Bertz CT molecular complexity index is 896. The number of sulfonamides is 1. The number of amides is 1. The van der Waals surface area contributed by atoms with Crippen molar-refractivity contribution in [1.29, 1.82) is 0 Å². The van der Waals surface area contributed by atoms with E-state index in [0.29, 0.717) is 24.7 Å². The monoisotopic (exact) mass is 420 g/mol. The van der Waals surface area contributed by atoms with Crippen molar-refractivity contribution in [3.05, 3.63) is 54.1 Å². The number of carbonyl (C=O) groups excluding carboxylic acids is 1. The molecule has 0 aliphatic carbocycles. The van der Waals surface area contributed by atoms with E-state index in [1.54, 1.807) is 43.3 Å². The summed E-state index contributed by atoms with van der Waals surface area (Å²) in [6.07, 6.45) is 0. The van der Waals surface area contributed by atoms with Crippen molar-refractivity contribution in [2.45, 2.75) is 31.7 Å². The molecule has 2 rings (SSSR count). The first-order valence-corrected chi connectivity index (χ1v) is 10.8. The molecule has 2 aromatic carbocycles. The molecule has 0 saturated heterocycles. The van der Waals surface area contributed by atoms with Crippen LogP contribution in [0.15, 0.2) is 53.4 Å². The number of ether oxygens (including phenoxy) is 2. The third kappa shape index (κ3) is 6.20. The lowest BCUT2D eigenvalue weighted by molar-refractivity contribution is -0.120. The summed E-state index contributed by atoms with van der Waals surface area (Å²) in [4.78, 5) is 12.6. The van der Waals surface area contributed by atoms with Gasteiger partial charge in [0.2, 0.25) is 5.91 Å². The van der Waals surface area contributed by atoms with Crippen molar-refractivity contribution >= 4 is 21.6 Å². The van der Waals surface area contributed by atoms with Gasteiger partial charge < -0.3 is 14.8 Å². The number of nitrogens with zero attached hydrogens (tertiary/aromatic N) is 1. The number of methoxy groups -OCH3 is 1. The number of benzene rings is 2. The van der Waals surface area contributed by atoms with Crippen LogP contribution in [-0.4, -0.2) is 47.2 Å². The van der Waals surface area contributed by atoms with Crippen LogP contribution in [0.1, 0.15) is 19.4 Å². The normalized spacial score (nSPS) is 12.3. The van der Waals surface area contributed by atoms with Gasteiger partial charge in [-0.3, -0.25) is 9.10 Å². The van der Waals surface area contributed by atoms with Crippen molar-refractivity contribution in [3.8, 4) is 5.75 Å². The molecular formula is C21H28N2O5S. The van der Waals surface area contributed by atoms with Gasteiger partial charge in [0.15, 0.2) is 0 Å². The number of carbonyl (C=O) groups is 1. The molecule has 0 saturated carbocycles. The van der Waals surface area contributed by atoms with E-state index in [4.69, 9.17) is 9.47 Å². The van der Waals surface area contributed by atoms with Crippen molar-refractivity contribution in [2.24, 2.45) is 0 Å². The highest BCUT2D eigenvalue weighted by Crippen LogP contribution is 2.26. The molecule has 0 unspecified atom stereocenters. The molecule has 1 amide bonds. The molecule has 1 N–H and O–H groups in total. The quantitative estimate of drug-likeness (QED) is 0.639. The van der Waals surface area contributed by atoms with Crippen LogP contribution in [0.5, 0.6) is 5.75 Å². The van der Waals surface area contributed by atoms with E-state index in [0.717, 1.165) is 9.87 Å². The summed E-state index contributed by atoms with van der Waals surface area (Å²) in [5.41, 5.74) is 1.33. The second kappa shape index (κ2) is 10.3. The topological polar surface area (TPSA) is 84.9 Å². The molecule has 0 aliphatic rings. The first-order valence-electron chi connectivity index (χ1n) is 9.38. The molecule has 0 fully saturated rings. The van der Waals surface area contributed by atoms with Gasteiger partial charge in [-0.15, -0.1) is 0 Å². The summed E-state index contributed by atoms with van der Waals surface area (Å²) >= 11 is 0. The maximum Gasteiger partial charge on any atom is 0.264 e. The highest BCUT2D eigenvalue weighted by Gasteiger charge is 2.27. The van der Waals surface area contributed by atoms with Crippen molar-refractivity contribution in [2.75, 3.05) is 31.2 Å². The van der Waals surface area contributed by atoms with E-state index >= 15 is 0 Å². The average Bonchev–Trinajstić information content (AvgIpc) is 2.67. The Kier molecular flexibility index (Phi) is 8.04. The number of hydrogen-bond acceptors (Lipinski definition) is 5. The Labute approximate surface area is 172 Å². The van der Waals surface area contributed by atoms with Crippen LogP contribution in [0.4, 0.5) is 5.69 Å². The summed E-state index contributed by atoms with van der Waals surface area (Å²) in [5.74, 6) is 0.209. The summed E-state index contributed by atoms with van der Waals surface area (Å²) in [6, 6.07) is 12.9. The van der Waals surface area contributed by atoms with Gasteiger partial charge in [-0.05, 0) is 57.2 Å². The number of rotatable bonds is 10. The lowest BCUT2D eigenvalue weighted by Gasteiger charge is -2.25. The third-order valence-corrected chi connectivity index (χ3v) is 5.94. The SMILES string of the molecule is CCOc1ccc(N(CC(=O)N[C@@H](C)COC)S(=O)(=O)c2ccc(C)cc2)cc1. The van der Waals surface area contributed by atoms with E-state index in [9.17, 15) is 13.2 Å². The Morgan fingerprint density at radius 3 is 2.28 bits per heavy atom. The van der Waals surface area contributed by atoms with Gasteiger partial charge in [0.05, 0.1) is 23.8 Å². The van der Waals surface area contributed by atoms with E-state index in [2.05, 4.69) is 5.32 Å². The van der Waals surface area contributed by atoms with Crippen LogP contribution in [0, 0.1) is 6.92 Å². The zero-order valence-electron chi connectivity index (χ0n) is 17.2. The molecule has 1 atom stereocenters. The third-order valence-electron chi connectivity index (χ3n) is 4.16. The standard InChI is InChI=1S/C21H28N2O5S/c1-5-28-19-10-8-18(9-11-19)23(14-21(24)22-17(3)15-27-4)29(25,26)20-12-6-16(2)7-13-20/h6-13,17H,5,14-15H2,1-4H3,(H,22,24)/t17-/m0/s1.